The quantitative estimate of drug-likeness (QED) is 0.613. The van der Waals surface area contributed by atoms with Crippen molar-refractivity contribution in [2.45, 2.75) is 19.8 Å². The molecular formula is C9H14O7P2. The van der Waals surface area contributed by atoms with Crippen molar-refractivity contribution in [2.24, 2.45) is 0 Å². The zero-order chi connectivity index (χ0) is 13.9. The molecule has 0 fully saturated rings. The lowest BCUT2D eigenvalue weighted by Crippen LogP contribution is -1.96. The van der Waals surface area contributed by atoms with E-state index in [1.165, 1.54) is 12.1 Å². The van der Waals surface area contributed by atoms with E-state index in [2.05, 4.69) is 4.52 Å². The van der Waals surface area contributed by atoms with Crippen molar-refractivity contribution < 1.29 is 33.2 Å². The molecule has 0 saturated carbocycles. The van der Waals surface area contributed by atoms with Gasteiger partial charge in [-0.05, 0) is 17.5 Å². The summed E-state index contributed by atoms with van der Waals surface area (Å²) in [6.45, 7) is 3.73. The summed E-state index contributed by atoms with van der Waals surface area (Å²) in [6, 6.07) is 4.12. The van der Waals surface area contributed by atoms with Crippen molar-refractivity contribution >= 4 is 16.4 Å². The molecule has 0 heterocycles. The highest BCUT2D eigenvalue weighted by Gasteiger charge is 2.19. The third-order valence-corrected chi connectivity index (χ3v) is 2.82. The third-order valence-electron chi connectivity index (χ3n) is 2.01. The number of hydrogen-bond acceptors (Lipinski definition) is 5. The minimum absolute atomic E-state index is 0.0408. The molecule has 0 bridgehead atoms. The molecule has 0 amide bonds. The third kappa shape index (κ3) is 4.90. The highest BCUT2D eigenvalue weighted by molar-refractivity contribution is 7.46. The normalized spacial score (nSPS) is 12.0. The number of rotatable bonds is 5. The SMILES string of the molecule is CC(C)c1ccc(OP(=O)(O)O)cc1OP(O)O. The Kier molecular flexibility index (Phi) is 5.10. The molecule has 4 N–H and O–H groups in total. The first-order valence-electron chi connectivity index (χ1n) is 4.94. The van der Waals surface area contributed by atoms with Gasteiger partial charge in [0.05, 0.1) is 0 Å². The number of phosphoric ester groups is 1. The summed E-state index contributed by atoms with van der Waals surface area (Å²) in [6.07, 6.45) is 0. The average Bonchev–Trinajstić information content (AvgIpc) is 2.13. The van der Waals surface area contributed by atoms with Crippen LogP contribution in [0.5, 0.6) is 11.5 Å². The first-order valence-corrected chi connectivity index (χ1v) is 7.63. The second-order valence-electron chi connectivity index (χ2n) is 3.78. The van der Waals surface area contributed by atoms with Gasteiger partial charge in [0.15, 0.2) is 0 Å². The van der Waals surface area contributed by atoms with E-state index in [1.54, 1.807) is 6.07 Å². The molecule has 0 aromatic heterocycles. The van der Waals surface area contributed by atoms with Gasteiger partial charge in [-0.1, -0.05) is 19.9 Å². The van der Waals surface area contributed by atoms with Gasteiger partial charge in [0.2, 0.25) is 0 Å². The molecule has 0 aliphatic rings. The first-order chi connectivity index (χ1) is 8.19. The van der Waals surface area contributed by atoms with Crippen LogP contribution in [-0.4, -0.2) is 19.6 Å². The molecule has 0 saturated heterocycles. The first kappa shape index (κ1) is 15.4. The van der Waals surface area contributed by atoms with Crippen LogP contribution in [0.15, 0.2) is 18.2 Å². The van der Waals surface area contributed by atoms with Crippen LogP contribution in [0.1, 0.15) is 25.3 Å². The van der Waals surface area contributed by atoms with Crippen molar-refractivity contribution in [3.8, 4) is 11.5 Å². The zero-order valence-electron chi connectivity index (χ0n) is 9.72. The minimum Gasteiger partial charge on any atom is -0.427 e. The summed E-state index contributed by atoms with van der Waals surface area (Å²) in [7, 11) is -7.27. The monoisotopic (exact) mass is 296 g/mol. The summed E-state index contributed by atoms with van der Waals surface area (Å²) in [5, 5.41) is 0. The zero-order valence-corrected chi connectivity index (χ0v) is 11.5. The van der Waals surface area contributed by atoms with Gasteiger partial charge in [-0.2, -0.15) is 0 Å². The van der Waals surface area contributed by atoms with Gasteiger partial charge >= 0.3 is 16.4 Å². The Morgan fingerprint density at radius 3 is 2.33 bits per heavy atom. The van der Waals surface area contributed by atoms with Gasteiger partial charge in [-0.15, -0.1) is 0 Å². The highest BCUT2D eigenvalue weighted by Crippen LogP contribution is 2.42. The average molecular weight is 296 g/mol. The summed E-state index contributed by atoms with van der Waals surface area (Å²) in [5.74, 6) is 0.0469. The summed E-state index contributed by atoms with van der Waals surface area (Å²) < 4.78 is 19.9. The smallest absolute Gasteiger partial charge is 0.427 e. The lowest BCUT2D eigenvalue weighted by atomic mass is 10.0. The Morgan fingerprint density at radius 2 is 1.89 bits per heavy atom. The molecule has 9 heteroatoms. The van der Waals surface area contributed by atoms with Crippen LogP contribution in [0.4, 0.5) is 0 Å². The van der Waals surface area contributed by atoms with Crippen molar-refractivity contribution in [3.05, 3.63) is 23.8 Å². The molecule has 0 aliphatic carbocycles. The molecule has 1 aromatic rings. The molecule has 1 aromatic carbocycles. The van der Waals surface area contributed by atoms with Gasteiger partial charge < -0.3 is 18.8 Å². The Hall–Kier alpha value is -0.680. The van der Waals surface area contributed by atoms with Crippen LogP contribution >= 0.6 is 16.4 Å². The topological polar surface area (TPSA) is 116 Å². The molecule has 102 valence electrons. The van der Waals surface area contributed by atoms with Crippen LogP contribution in [0.25, 0.3) is 0 Å². The predicted octanol–water partition coefficient (Wildman–Crippen LogP) is 1.87. The molecule has 0 atom stereocenters. The molecule has 1 rings (SSSR count). The fraction of sp³-hybridized carbons (Fsp3) is 0.333. The van der Waals surface area contributed by atoms with E-state index < -0.39 is 16.4 Å². The second-order valence-corrected chi connectivity index (χ2v) is 5.63. The Balaban J connectivity index is 3.08. The number of phosphoric acid groups is 1. The van der Waals surface area contributed by atoms with E-state index in [0.29, 0.717) is 5.56 Å². The van der Waals surface area contributed by atoms with E-state index in [-0.39, 0.29) is 17.4 Å². The van der Waals surface area contributed by atoms with E-state index in [0.717, 1.165) is 0 Å². The fourth-order valence-corrected chi connectivity index (χ4v) is 2.08. The van der Waals surface area contributed by atoms with Crippen molar-refractivity contribution in [1.82, 2.24) is 0 Å². The highest BCUT2D eigenvalue weighted by atomic mass is 31.2. The van der Waals surface area contributed by atoms with Crippen LogP contribution in [0.2, 0.25) is 0 Å². The molecule has 18 heavy (non-hydrogen) atoms. The van der Waals surface area contributed by atoms with E-state index in [4.69, 9.17) is 24.1 Å². The van der Waals surface area contributed by atoms with Gasteiger partial charge in [-0.25, -0.2) is 4.57 Å². The Labute approximate surface area is 105 Å². The second kappa shape index (κ2) is 5.97. The molecule has 0 unspecified atom stereocenters. The number of hydrogen-bond donors (Lipinski definition) is 4. The van der Waals surface area contributed by atoms with E-state index in [9.17, 15) is 4.57 Å². The van der Waals surface area contributed by atoms with Gasteiger partial charge in [0.1, 0.15) is 11.5 Å². The molecule has 7 nitrogen and oxygen atoms in total. The Bertz CT molecular complexity index is 454. The van der Waals surface area contributed by atoms with Crippen LogP contribution in [0.3, 0.4) is 0 Å². The van der Waals surface area contributed by atoms with E-state index in [1.807, 2.05) is 13.8 Å². The summed E-state index contributed by atoms with van der Waals surface area (Å²) in [5.41, 5.74) is 0.670. The molecule has 0 aliphatic heterocycles. The number of benzene rings is 1. The maximum absolute atomic E-state index is 10.7. The summed E-state index contributed by atoms with van der Waals surface area (Å²) >= 11 is 0. The maximum Gasteiger partial charge on any atom is 0.524 e. The van der Waals surface area contributed by atoms with Crippen LogP contribution in [-0.2, 0) is 4.57 Å². The van der Waals surface area contributed by atoms with Crippen molar-refractivity contribution in [1.29, 1.82) is 0 Å². The standard InChI is InChI=1S/C9H14O7P2/c1-6(2)8-4-3-7(16-18(12,13)14)5-9(8)15-17(10)11/h3-6,10-11H,1-2H3,(H2,12,13,14). The summed E-state index contributed by atoms with van der Waals surface area (Å²) in [4.78, 5) is 35.0. The van der Waals surface area contributed by atoms with Crippen molar-refractivity contribution in [2.75, 3.05) is 0 Å². The van der Waals surface area contributed by atoms with Crippen LogP contribution < -0.4 is 9.05 Å². The fourth-order valence-electron chi connectivity index (χ4n) is 1.35. The molecular weight excluding hydrogens is 282 g/mol. The lowest BCUT2D eigenvalue weighted by molar-refractivity contribution is 0.283. The minimum atomic E-state index is -4.66. The molecule has 0 radical (unpaired) electrons. The largest absolute Gasteiger partial charge is 0.524 e. The van der Waals surface area contributed by atoms with Crippen LogP contribution in [0, 0.1) is 0 Å². The predicted molar refractivity (Wildman–Crippen MR) is 65.2 cm³/mol. The molecule has 0 spiro atoms. The van der Waals surface area contributed by atoms with E-state index >= 15 is 0 Å². The van der Waals surface area contributed by atoms with Gasteiger partial charge in [0.25, 0.3) is 0 Å². The lowest BCUT2D eigenvalue weighted by Gasteiger charge is -2.15. The van der Waals surface area contributed by atoms with Gasteiger partial charge in [-0.3, -0.25) is 9.79 Å². The van der Waals surface area contributed by atoms with Crippen molar-refractivity contribution in [3.63, 3.8) is 0 Å². The van der Waals surface area contributed by atoms with Gasteiger partial charge in [0, 0.05) is 6.07 Å². The Morgan fingerprint density at radius 1 is 1.28 bits per heavy atom. The maximum atomic E-state index is 10.7.